The van der Waals surface area contributed by atoms with E-state index in [-0.39, 0.29) is 40.7 Å². The molecule has 0 radical (unpaired) electrons. The zero-order chi connectivity index (χ0) is 23.4. The van der Waals surface area contributed by atoms with Crippen molar-refractivity contribution in [2.75, 3.05) is 20.7 Å². The number of ether oxygens (including phenoxy) is 1. The predicted octanol–water partition coefficient (Wildman–Crippen LogP) is 3.14. The molecule has 32 heavy (non-hydrogen) atoms. The van der Waals surface area contributed by atoms with Crippen LogP contribution < -0.4 is 10.2 Å². The standard InChI is InChI=1S/C24H28N4O4/c1-14(29)16-11-27-17(10-18(16)30)23-15-8-7-9-19(32-13-21(31)26(5)6)22(15)25-28(23)12-20(27)24(2,3)4/h7-11,20H,12-13H2,1-6H3. The number of likely N-dealkylation sites (N-methyl/N-ethyl adjacent to an activating group) is 1. The lowest BCUT2D eigenvalue weighted by molar-refractivity contribution is -0.130. The first-order valence-electron chi connectivity index (χ1n) is 10.6. The number of hydrogen-bond donors (Lipinski definition) is 0. The first kappa shape index (κ1) is 21.8. The summed E-state index contributed by atoms with van der Waals surface area (Å²) in [7, 11) is 3.36. The van der Waals surface area contributed by atoms with Crippen molar-refractivity contribution >= 4 is 22.6 Å². The summed E-state index contributed by atoms with van der Waals surface area (Å²) in [6.07, 6.45) is 1.69. The van der Waals surface area contributed by atoms with Gasteiger partial charge >= 0.3 is 0 Å². The number of amides is 1. The van der Waals surface area contributed by atoms with Crippen molar-refractivity contribution in [3.63, 3.8) is 0 Å². The van der Waals surface area contributed by atoms with E-state index in [1.807, 2.05) is 21.4 Å². The summed E-state index contributed by atoms with van der Waals surface area (Å²) in [4.78, 5) is 38.3. The van der Waals surface area contributed by atoms with Crippen LogP contribution >= 0.6 is 0 Å². The minimum absolute atomic E-state index is 0.0160. The van der Waals surface area contributed by atoms with Crippen LogP contribution in [0.3, 0.4) is 0 Å². The van der Waals surface area contributed by atoms with Gasteiger partial charge < -0.3 is 14.2 Å². The Morgan fingerprint density at radius 2 is 1.97 bits per heavy atom. The summed E-state index contributed by atoms with van der Waals surface area (Å²) in [5.41, 5.74) is 1.89. The number of ketones is 1. The van der Waals surface area contributed by atoms with Crippen LogP contribution in [0, 0.1) is 5.41 Å². The van der Waals surface area contributed by atoms with Gasteiger partial charge in [-0.25, -0.2) is 0 Å². The van der Waals surface area contributed by atoms with Crippen molar-refractivity contribution in [1.82, 2.24) is 19.2 Å². The summed E-state index contributed by atoms with van der Waals surface area (Å²) in [6, 6.07) is 7.09. The van der Waals surface area contributed by atoms with Crippen molar-refractivity contribution < 1.29 is 14.3 Å². The molecule has 3 heterocycles. The maximum absolute atomic E-state index is 12.7. The summed E-state index contributed by atoms with van der Waals surface area (Å²) >= 11 is 0. The van der Waals surface area contributed by atoms with Crippen molar-refractivity contribution in [1.29, 1.82) is 0 Å². The van der Waals surface area contributed by atoms with Gasteiger partial charge in [0.2, 0.25) is 0 Å². The zero-order valence-corrected chi connectivity index (χ0v) is 19.3. The fourth-order valence-electron chi connectivity index (χ4n) is 4.12. The molecule has 0 aliphatic carbocycles. The fraction of sp³-hybridized carbons (Fsp3) is 0.417. The van der Waals surface area contributed by atoms with Gasteiger partial charge in [-0.1, -0.05) is 32.9 Å². The molecule has 0 fully saturated rings. The van der Waals surface area contributed by atoms with Gasteiger partial charge in [-0.2, -0.15) is 5.10 Å². The number of aromatic nitrogens is 3. The summed E-state index contributed by atoms with van der Waals surface area (Å²) in [5.74, 6) is 0.122. The number of benzene rings is 1. The molecule has 1 aliphatic rings. The van der Waals surface area contributed by atoms with Gasteiger partial charge in [0, 0.05) is 31.7 Å². The monoisotopic (exact) mass is 436 g/mol. The van der Waals surface area contributed by atoms with Crippen LogP contribution in [0.5, 0.6) is 5.75 Å². The highest BCUT2D eigenvalue weighted by atomic mass is 16.5. The Kier molecular flexibility index (Phi) is 5.19. The second kappa shape index (κ2) is 7.62. The lowest BCUT2D eigenvalue weighted by atomic mass is 9.84. The number of Topliss-reactive ketones (excluding diaryl/α,β-unsaturated/α-hetero) is 1. The maximum atomic E-state index is 12.7. The topological polar surface area (TPSA) is 86.4 Å². The third kappa shape index (κ3) is 3.59. The van der Waals surface area contributed by atoms with E-state index in [2.05, 4.69) is 20.8 Å². The molecule has 3 aromatic rings. The number of rotatable bonds is 4. The second-order valence-electron chi connectivity index (χ2n) is 9.54. The van der Waals surface area contributed by atoms with E-state index < -0.39 is 0 Å². The molecule has 0 bridgehead atoms. The predicted molar refractivity (Wildman–Crippen MR) is 122 cm³/mol. The average molecular weight is 437 g/mol. The molecule has 1 atom stereocenters. The molecule has 1 unspecified atom stereocenters. The highest BCUT2D eigenvalue weighted by molar-refractivity contribution is 5.97. The van der Waals surface area contributed by atoms with E-state index in [1.54, 1.807) is 26.4 Å². The molecule has 1 aliphatic heterocycles. The zero-order valence-electron chi connectivity index (χ0n) is 19.3. The van der Waals surface area contributed by atoms with Crippen LogP contribution in [0.4, 0.5) is 0 Å². The molecule has 0 saturated heterocycles. The third-order valence-corrected chi connectivity index (χ3v) is 5.97. The van der Waals surface area contributed by atoms with E-state index in [4.69, 9.17) is 9.84 Å². The van der Waals surface area contributed by atoms with Gasteiger partial charge in [0.05, 0.1) is 29.5 Å². The van der Waals surface area contributed by atoms with Gasteiger partial charge in [0.1, 0.15) is 11.3 Å². The number of carbonyl (C=O) groups excluding carboxylic acids is 2. The van der Waals surface area contributed by atoms with Crippen LogP contribution in [0.1, 0.15) is 44.1 Å². The molecule has 0 N–H and O–H groups in total. The molecule has 8 nitrogen and oxygen atoms in total. The number of nitrogens with zero attached hydrogens (tertiary/aromatic N) is 4. The number of pyridine rings is 1. The Hall–Kier alpha value is -3.42. The Bertz CT molecular complexity index is 1290. The number of fused-ring (bicyclic) bond motifs is 5. The van der Waals surface area contributed by atoms with Gasteiger partial charge in [-0.3, -0.25) is 19.1 Å². The number of carbonyl (C=O) groups is 2. The minimum atomic E-state index is -0.303. The van der Waals surface area contributed by atoms with E-state index in [1.165, 1.54) is 17.9 Å². The normalized spacial score (nSPS) is 15.2. The van der Waals surface area contributed by atoms with Crippen LogP contribution in [0.25, 0.3) is 22.3 Å². The highest BCUT2D eigenvalue weighted by Gasteiger charge is 2.35. The Morgan fingerprint density at radius 1 is 1.25 bits per heavy atom. The number of hydrogen-bond acceptors (Lipinski definition) is 5. The molecule has 1 amide bonds. The first-order valence-corrected chi connectivity index (χ1v) is 10.6. The van der Waals surface area contributed by atoms with Crippen molar-refractivity contribution in [2.45, 2.75) is 40.3 Å². The molecule has 4 rings (SSSR count). The molecule has 0 saturated carbocycles. The Balaban J connectivity index is 1.92. The van der Waals surface area contributed by atoms with Gasteiger partial charge in [-0.15, -0.1) is 0 Å². The lowest BCUT2D eigenvalue weighted by Gasteiger charge is -2.38. The SMILES string of the molecule is CC(=O)c1cn2c(cc1=O)-c1c3cccc(OCC(=O)N(C)C)c3nn1CC2C(C)(C)C. The van der Waals surface area contributed by atoms with Crippen molar-refractivity contribution in [2.24, 2.45) is 5.41 Å². The van der Waals surface area contributed by atoms with Crippen LogP contribution in [0.15, 0.2) is 35.3 Å². The first-order chi connectivity index (χ1) is 15.0. The van der Waals surface area contributed by atoms with Gasteiger partial charge in [0.25, 0.3) is 5.91 Å². The van der Waals surface area contributed by atoms with Crippen LogP contribution in [-0.4, -0.2) is 51.6 Å². The second-order valence-corrected chi connectivity index (χ2v) is 9.54. The average Bonchev–Trinajstić information content (AvgIpc) is 3.09. The fourth-order valence-corrected chi connectivity index (χ4v) is 4.12. The maximum Gasteiger partial charge on any atom is 0.259 e. The minimum Gasteiger partial charge on any atom is -0.481 e. The van der Waals surface area contributed by atoms with E-state index >= 15 is 0 Å². The highest BCUT2D eigenvalue weighted by Crippen LogP contribution is 2.43. The molecule has 2 aromatic heterocycles. The molecule has 168 valence electrons. The van der Waals surface area contributed by atoms with Crippen molar-refractivity contribution in [3.05, 3.63) is 46.2 Å². The molecular weight excluding hydrogens is 408 g/mol. The Labute approximate surface area is 186 Å². The largest absolute Gasteiger partial charge is 0.481 e. The molecule has 1 aromatic carbocycles. The third-order valence-electron chi connectivity index (χ3n) is 5.97. The molecule has 8 heteroatoms. The van der Waals surface area contributed by atoms with Crippen LogP contribution in [-0.2, 0) is 11.3 Å². The summed E-state index contributed by atoms with van der Waals surface area (Å²) in [5, 5.41) is 5.64. The van der Waals surface area contributed by atoms with Gasteiger partial charge in [0.15, 0.2) is 17.8 Å². The van der Waals surface area contributed by atoms with Crippen molar-refractivity contribution in [3.8, 4) is 17.1 Å². The van der Waals surface area contributed by atoms with E-state index in [0.29, 0.717) is 17.8 Å². The molecular formula is C24H28N4O4. The van der Waals surface area contributed by atoms with E-state index in [9.17, 15) is 14.4 Å². The quantitative estimate of drug-likeness (QED) is 0.587. The summed E-state index contributed by atoms with van der Waals surface area (Å²) in [6.45, 7) is 8.29. The lowest BCUT2D eigenvalue weighted by Crippen LogP contribution is -2.35. The summed E-state index contributed by atoms with van der Waals surface area (Å²) < 4.78 is 9.74. The van der Waals surface area contributed by atoms with Crippen LogP contribution in [0.2, 0.25) is 0 Å². The smallest absolute Gasteiger partial charge is 0.259 e. The van der Waals surface area contributed by atoms with Gasteiger partial charge in [-0.05, 0) is 18.4 Å². The Morgan fingerprint density at radius 3 is 2.59 bits per heavy atom. The van der Waals surface area contributed by atoms with E-state index in [0.717, 1.165) is 16.8 Å². The molecule has 0 spiro atoms.